The predicted octanol–water partition coefficient (Wildman–Crippen LogP) is 2.07. The number of hydrogen-bond acceptors (Lipinski definition) is 4. The Bertz CT molecular complexity index is 501. The van der Waals surface area contributed by atoms with Crippen LogP contribution >= 0.6 is 0 Å². The molecule has 0 unspecified atom stereocenters. The molecule has 1 aromatic carbocycles. The molecule has 0 aromatic heterocycles. The van der Waals surface area contributed by atoms with E-state index in [4.69, 9.17) is 4.74 Å². The van der Waals surface area contributed by atoms with Gasteiger partial charge in [0.1, 0.15) is 4.90 Å². The van der Waals surface area contributed by atoms with Gasteiger partial charge in [0.15, 0.2) is 0 Å². The van der Waals surface area contributed by atoms with E-state index in [0.717, 1.165) is 0 Å². The zero-order valence-corrected chi connectivity index (χ0v) is 13.2. The summed E-state index contributed by atoms with van der Waals surface area (Å²) >= 11 is 0. The van der Waals surface area contributed by atoms with Crippen molar-refractivity contribution in [2.45, 2.75) is 25.2 Å². The molecular weight excluding hydrogens is 276 g/mol. The third-order valence-electron chi connectivity index (χ3n) is 2.65. The lowest BCUT2D eigenvalue weighted by molar-refractivity contribution is 0.108. The van der Waals surface area contributed by atoms with Crippen molar-refractivity contribution in [2.75, 3.05) is 32.1 Å². The van der Waals surface area contributed by atoms with Gasteiger partial charge in [0, 0.05) is 26.8 Å². The molecule has 0 saturated heterocycles. The van der Waals surface area contributed by atoms with E-state index in [1.807, 2.05) is 0 Å². The second-order valence-electron chi connectivity index (χ2n) is 4.97. The second kappa shape index (κ2) is 8.24. The average molecular weight is 300 g/mol. The first-order valence-electron chi connectivity index (χ1n) is 6.81. The highest BCUT2D eigenvalue weighted by Gasteiger charge is 2.16. The van der Waals surface area contributed by atoms with E-state index in [1.165, 1.54) is 0 Å². The SMILES string of the molecule is CNc1ccccc1S(=O)(=O)NCCCOCC(C)C. The van der Waals surface area contributed by atoms with E-state index in [-0.39, 0.29) is 4.90 Å². The van der Waals surface area contributed by atoms with Crippen molar-refractivity contribution < 1.29 is 13.2 Å². The predicted molar refractivity (Wildman–Crippen MR) is 81.5 cm³/mol. The van der Waals surface area contributed by atoms with Crippen LogP contribution in [0.3, 0.4) is 0 Å². The Morgan fingerprint density at radius 3 is 2.60 bits per heavy atom. The average Bonchev–Trinajstić information content (AvgIpc) is 2.42. The molecule has 5 nitrogen and oxygen atoms in total. The van der Waals surface area contributed by atoms with Gasteiger partial charge in [-0.1, -0.05) is 26.0 Å². The van der Waals surface area contributed by atoms with Crippen LogP contribution < -0.4 is 10.0 Å². The quantitative estimate of drug-likeness (QED) is 0.685. The van der Waals surface area contributed by atoms with Crippen LogP contribution in [0, 0.1) is 5.92 Å². The van der Waals surface area contributed by atoms with Crippen molar-refractivity contribution in [3.63, 3.8) is 0 Å². The summed E-state index contributed by atoms with van der Waals surface area (Å²) in [5.74, 6) is 0.495. The first-order valence-corrected chi connectivity index (χ1v) is 8.30. The molecule has 2 N–H and O–H groups in total. The van der Waals surface area contributed by atoms with E-state index >= 15 is 0 Å². The van der Waals surface area contributed by atoms with Crippen molar-refractivity contribution in [1.29, 1.82) is 0 Å². The molecule has 0 radical (unpaired) electrons. The maximum atomic E-state index is 12.2. The van der Waals surface area contributed by atoms with Gasteiger partial charge in [-0.2, -0.15) is 0 Å². The van der Waals surface area contributed by atoms with Crippen molar-refractivity contribution in [3.05, 3.63) is 24.3 Å². The minimum Gasteiger partial charge on any atom is -0.387 e. The lowest BCUT2D eigenvalue weighted by Gasteiger charge is -2.11. The molecule has 6 heteroatoms. The normalized spacial score (nSPS) is 11.8. The van der Waals surface area contributed by atoms with Gasteiger partial charge in [0.2, 0.25) is 10.0 Å². The van der Waals surface area contributed by atoms with Crippen LogP contribution in [0.4, 0.5) is 5.69 Å². The fourth-order valence-corrected chi connectivity index (χ4v) is 2.97. The summed E-state index contributed by atoms with van der Waals surface area (Å²) < 4.78 is 32.3. The first kappa shape index (κ1) is 16.9. The number of hydrogen-bond donors (Lipinski definition) is 2. The van der Waals surface area contributed by atoms with Crippen LogP contribution in [0.1, 0.15) is 20.3 Å². The van der Waals surface area contributed by atoms with Crippen molar-refractivity contribution in [3.8, 4) is 0 Å². The number of sulfonamides is 1. The smallest absolute Gasteiger partial charge is 0.242 e. The Labute approximate surface area is 121 Å². The molecule has 0 bridgehead atoms. The molecule has 0 spiro atoms. The van der Waals surface area contributed by atoms with Crippen LogP contribution in [-0.2, 0) is 14.8 Å². The molecule has 0 saturated carbocycles. The first-order chi connectivity index (χ1) is 9.47. The lowest BCUT2D eigenvalue weighted by atomic mass is 10.2. The van der Waals surface area contributed by atoms with Gasteiger partial charge in [-0.3, -0.25) is 0 Å². The Balaban J connectivity index is 2.46. The number of benzene rings is 1. The Hall–Kier alpha value is -1.11. The largest absolute Gasteiger partial charge is 0.387 e. The standard InChI is InChI=1S/C14H24N2O3S/c1-12(2)11-19-10-6-9-16-20(17,18)14-8-5-4-7-13(14)15-3/h4-5,7-8,12,15-16H,6,9-11H2,1-3H3. The molecule has 0 aliphatic heterocycles. The number of nitrogens with one attached hydrogen (secondary N) is 2. The molecule has 20 heavy (non-hydrogen) atoms. The summed E-state index contributed by atoms with van der Waals surface area (Å²) in [6.07, 6.45) is 0.660. The topological polar surface area (TPSA) is 67.4 Å². The molecule has 0 atom stereocenters. The Kier molecular flexibility index (Phi) is 6.98. The summed E-state index contributed by atoms with van der Waals surface area (Å²) in [6, 6.07) is 6.83. The van der Waals surface area contributed by atoms with Gasteiger partial charge in [-0.25, -0.2) is 13.1 Å². The van der Waals surface area contributed by atoms with Crippen LogP contribution in [0.2, 0.25) is 0 Å². The summed E-state index contributed by atoms with van der Waals surface area (Å²) in [5, 5.41) is 2.88. The molecule has 1 rings (SSSR count). The molecule has 0 aliphatic carbocycles. The van der Waals surface area contributed by atoms with Gasteiger partial charge >= 0.3 is 0 Å². The van der Waals surface area contributed by atoms with Crippen LogP contribution in [0.25, 0.3) is 0 Å². The molecular formula is C14H24N2O3S. The fourth-order valence-electron chi connectivity index (χ4n) is 1.69. The minimum atomic E-state index is -3.47. The zero-order chi connectivity index (χ0) is 15.0. The maximum Gasteiger partial charge on any atom is 0.242 e. The van der Waals surface area contributed by atoms with E-state index in [0.29, 0.717) is 37.8 Å². The summed E-state index contributed by atoms with van der Waals surface area (Å²) in [7, 11) is -1.77. The third-order valence-corrected chi connectivity index (χ3v) is 4.17. The number of para-hydroxylation sites is 1. The summed E-state index contributed by atoms with van der Waals surface area (Å²) in [6.45, 7) is 5.80. The van der Waals surface area contributed by atoms with Crippen LogP contribution in [0.15, 0.2) is 29.2 Å². The monoisotopic (exact) mass is 300 g/mol. The zero-order valence-electron chi connectivity index (χ0n) is 12.3. The summed E-state index contributed by atoms with van der Waals surface area (Å²) in [5.41, 5.74) is 0.594. The highest BCUT2D eigenvalue weighted by molar-refractivity contribution is 7.89. The number of anilines is 1. The second-order valence-corrected chi connectivity index (χ2v) is 6.70. The van der Waals surface area contributed by atoms with Gasteiger partial charge in [0.25, 0.3) is 0 Å². The maximum absolute atomic E-state index is 12.2. The fraction of sp³-hybridized carbons (Fsp3) is 0.571. The van der Waals surface area contributed by atoms with Gasteiger partial charge in [0.05, 0.1) is 5.69 Å². The van der Waals surface area contributed by atoms with Crippen molar-refractivity contribution >= 4 is 15.7 Å². The number of ether oxygens (including phenoxy) is 1. The lowest BCUT2D eigenvalue weighted by Crippen LogP contribution is -2.26. The summed E-state index contributed by atoms with van der Waals surface area (Å²) in [4.78, 5) is 0.269. The van der Waals surface area contributed by atoms with E-state index < -0.39 is 10.0 Å². The van der Waals surface area contributed by atoms with Gasteiger partial charge < -0.3 is 10.1 Å². The van der Waals surface area contributed by atoms with Crippen molar-refractivity contribution in [2.24, 2.45) is 5.92 Å². The highest BCUT2D eigenvalue weighted by Crippen LogP contribution is 2.19. The third kappa shape index (κ3) is 5.48. The van der Waals surface area contributed by atoms with E-state index in [1.54, 1.807) is 31.3 Å². The molecule has 114 valence electrons. The molecule has 0 heterocycles. The van der Waals surface area contributed by atoms with Crippen LogP contribution in [0.5, 0.6) is 0 Å². The van der Waals surface area contributed by atoms with Gasteiger partial charge in [-0.15, -0.1) is 0 Å². The Morgan fingerprint density at radius 1 is 1.25 bits per heavy atom. The molecule has 0 amide bonds. The number of rotatable bonds is 9. The molecule has 1 aromatic rings. The van der Waals surface area contributed by atoms with Crippen LogP contribution in [-0.4, -0.2) is 35.2 Å². The Morgan fingerprint density at radius 2 is 1.95 bits per heavy atom. The van der Waals surface area contributed by atoms with Gasteiger partial charge in [-0.05, 0) is 24.5 Å². The van der Waals surface area contributed by atoms with E-state index in [2.05, 4.69) is 23.9 Å². The van der Waals surface area contributed by atoms with E-state index in [9.17, 15) is 8.42 Å². The molecule has 0 fully saturated rings. The molecule has 0 aliphatic rings. The highest BCUT2D eigenvalue weighted by atomic mass is 32.2. The minimum absolute atomic E-state index is 0.269. The van der Waals surface area contributed by atoms with Crippen molar-refractivity contribution in [1.82, 2.24) is 4.72 Å².